The molecule has 2 atom stereocenters. The Morgan fingerprint density at radius 2 is 1.70 bits per heavy atom. The van der Waals surface area contributed by atoms with Gasteiger partial charge in [-0.3, -0.25) is 4.21 Å². The molecular formula is C10H16N2O5S3. The Labute approximate surface area is 121 Å². The van der Waals surface area contributed by atoms with E-state index in [-0.39, 0.29) is 6.54 Å². The van der Waals surface area contributed by atoms with E-state index in [1.54, 1.807) is 6.92 Å². The number of primary sulfonamides is 1. The Morgan fingerprint density at radius 3 is 2.15 bits per heavy atom. The molecule has 0 aromatic heterocycles. The average Bonchev–Trinajstić information content (AvgIpc) is 2.35. The van der Waals surface area contributed by atoms with Crippen LogP contribution in [0.4, 0.5) is 0 Å². The second-order valence-electron chi connectivity index (χ2n) is 4.15. The molecule has 0 heterocycles. The molecule has 7 nitrogen and oxygen atoms in total. The molecular weight excluding hydrogens is 324 g/mol. The van der Waals surface area contributed by atoms with Crippen molar-refractivity contribution in [2.45, 2.75) is 22.0 Å². The van der Waals surface area contributed by atoms with Gasteiger partial charge in [-0.25, -0.2) is 26.7 Å². The first-order valence-electron chi connectivity index (χ1n) is 5.49. The summed E-state index contributed by atoms with van der Waals surface area (Å²) in [5.41, 5.74) is 0. The van der Waals surface area contributed by atoms with E-state index < -0.39 is 45.9 Å². The van der Waals surface area contributed by atoms with Crippen molar-refractivity contribution in [3.05, 3.63) is 24.3 Å². The van der Waals surface area contributed by atoms with E-state index in [9.17, 15) is 21.0 Å². The lowest BCUT2D eigenvalue weighted by Gasteiger charge is -2.12. The number of sulfonamides is 2. The van der Waals surface area contributed by atoms with Crippen LogP contribution in [0, 0.1) is 0 Å². The van der Waals surface area contributed by atoms with E-state index in [0.717, 1.165) is 12.1 Å². The van der Waals surface area contributed by atoms with Crippen molar-refractivity contribution in [1.29, 1.82) is 0 Å². The van der Waals surface area contributed by atoms with Gasteiger partial charge in [-0.15, -0.1) is 0 Å². The van der Waals surface area contributed by atoms with Gasteiger partial charge in [-0.1, -0.05) is 12.1 Å². The molecule has 2 unspecified atom stereocenters. The molecule has 0 saturated carbocycles. The predicted molar refractivity (Wildman–Crippen MR) is 76.5 cm³/mol. The summed E-state index contributed by atoms with van der Waals surface area (Å²) in [6, 6.07) is 5.04. The minimum Gasteiger partial charge on any atom is -0.260 e. The van der Waals surface area contributed by atoms with E-state index in [0.29, 0.717) is 0 Å². The van der Waals surface area contributed by atoms with Crippen LogP contribution in [0.15, 0.2) is 34.1 Å². The molecule has 0 radical (unpaired) electrons. The van der Waals surface area contributed by atoms with Crippen LogP contribution in [-0.2, 0) is 30.8 Å². The molecule has 0 aliphatic heterocycles. The SMILES string of the molecule is CC(CNS(=O)(=O)c1ccccc1S(N)(=O)=O)S(C)=O. The Hall–Kier alpha value is -0.810. The van der Waals surface area contributed by atoms with Gasteiger partial charge in [0.1, 0.15) is 9.79 Å². The van der Waals surface area contributed by atoms with Crippen molar-refractivity contribution in [2.24, 2.45) is 5.14 Å². The van der Waals surface area contributed by atoms with Gasteiger partial charge in [0.15, 0.2) is 0 Å². The highest BCUT2D eigenvalue weighted by Crippen LogP contribution is 2.19. The zero-order valence-corrected chi connectivity index (χ0v) is 13.4. The van der Waals surface area contributed by atoms with E-state index >= 15 is 0 Å². The van der Waals surface area contributed by atoms with E-state index in [1.807, 2.05) is 0 Å². The smallest absolute Gasteiger partial charge is 0.241 e. The highest BCUT2D eigenvalue weighted by molar-refractivity contribution is 7.92. The summed E-state index contributed by atoms with van der Waals surface area (Å²) in [6.45, 7) is 1.55. The number of hydrogen-bond donors (Lipinski definition) is 2. The largest absolute Gasteiger partial charge is 0.260 e. The summed E-state index contributed by atoms with van der Waals surface area (Å²) in [6.07, 6.45) is 1.46. The number of hydrogen-bond acceptors (Lipinski definition) is 5. The Balaban J connectivity index is 3.15. The van der Waals surface area contributed by atoms with Gasteiger partial charge in [0.25, 0.3) is 0 Å². The number of nitrogens with two attached hydrogens (primary N) is 1. The third-order valence-corrected chi connectivity index (χ3v) is 6.45. The molecule has 3 N–H and O–H groups in total. The van der Waals surface area contributed by atoms with Crippen LogP contribution in [0.3, 0.4) is 0 Å². The van der Waals surface area contributed by atoms with Crippen LogP contribution in [0.2, 0.25) is 0 Å². The van der Waals surface area contributed by atoms with E-state index in [4.69, 9.17) is 5.14 Å². The summed E-state index contributed by atoms with van der Waals surface area (Å²) < 4.78 is 60.4. The van der Waals surface area contributed by atoms with Gasteiger partial charge in [0, 0.05) is 28.9 Å². The molecule has 0 bridgehead atoms. The van der Waals surface area contributed by atoms with Crippen molar-refractivity contribution in [2.75, 3.05) is 12.8 Å². The third-order valence-electron chi connectivity index (χ3n) is 2.57. The number of benzene rings is 1. The lowest BCUT2D eigenvalue weighted by atomic mass is 10.4. The van der Waals surface area contributed by atoms with Crippen LogP contribution < -0.4 is 9.86 Å². The van der Waals surface area contributed by atoms with Gasteiger partial charge < -0.3 is 0 Å². The quantitative estimate of drug-likeness (QED) is 0.714. The molecule has 10 heteroatoms. The van der Waals surface area contributed by atoms with Crippen molar-refractivity contribution < 1.29 is 21.0 Å². The fraction of sp³-hybridized carbons (Fsp3) is 0.400. The first kappa shape index (κ1) is 17.2. The molecule has 0 aliphatic carbocycles. The fourth-order valence-corrected chi connectivity index (χ4v) is 4.26. The highest BCUT2D eigenvalue weighted by Gasteiger charge is 2.24. The maximum absolute atomic E-state index is 12.1. The fourth-order valence-electron chi connectivity index (χ4n) is 1.33. The van der Waals surface area contributed by atoms with Gasteiger partial charge in [0.2, 0.25) is 20.0 Å². The minimum atomic E-state index is -4.15. The Kier molecular flexibility index (Phi) is 5.44. The molecule has 0 aliphatic rings. The topological polar surface area (TPSA) is 123 Å². The summed E-state index contributed by atoms with van der Waals surface area (Å²) >= 11 is 0. The molecule has 0 saturated heterocycles. The summed E-state index contributed by atoms with van der Waals surface area (Å²) in [7, 11) is -9.39. The maximum atomic E-state index is 12.1. The Morgan fingerprint density at radius 1 is 1.20 bits per heavy atom. The van der Waals surface area contributed by atoms with Crippen LogP contribution >= 0.6 is 0 Å². The summed E-state index contributed by atoms with van der Waals surface area (Å²) in [5.74, 6) is 0. The first-order valence-corrected chi connectivity index (χ1v) is 10.1. The minimum absolute atomic E-state index is 0.0651. The predicted octanol–water partition coefficient (Wildman–Crippen LogP) is -0.621. The van der Waals surface area contributed by atoms with Crippen LogP contribution in [0.1, 0.15) is 6.92 Å². The van der Waals surface area contributed by atoms with Crippen LogP contribution in [-0.4, -0.2) is 39.1 Å². The zero-order chi connectivity index (χ0) is 15.6. The van der Waals surface area contributed by atoms with Gasteiger partial charge in [-0.2, -0.15) is 0 Å². The van der Waals surface area contributed by atoms with Crippen molar-refractivity contribution in [3.63, 3.8) is 0 Å². The second-order valence-corrected chi connectivity index (χ2v) is 9.22. The van der Waals surface area contributed by atoms with Crippen molar-refractivity contribution in [3.8, 4) is 0 Å². The molecule has 0 spiro atoms. The monoisotopic (exact) mass is 340 g/mol. The maximum Gasteiger partial charge on any atom is 0.241 e. The molecule has 0 fully saturated rings. The van der Waals surface area contributed by atoms with Crippen LogP contribution in [0.25, 0.3) is 0 Å². The molecule has 1 aromatic rings. The van der Waals surface area contributed by atoms with Gasteiger partial charge in [-0.05, 0) is 19.1 Å². The zero-order valence-electron chi connectivity index (χ0n) is 10.9. The summed E-state index contributed by atoms with van der Waals surface area (Å²) in [5, 5.41) is 4.59. The lowest BCUT2D eigenvalue weighted by Crippen LogP contribution is -2.33. The Bertz CT molecular complexity index is 712. The van der Waals surface area contributed by atoms with Gasteiger partial charge in [0.05, 0.1) is 0 Å². The lowest BCUT2D eigenvalue weighted by molar-refractivity contribution is 0.572. The third kappa shape index (κ3) is 4.35. The molecule has 114 valence electrons. The van der Waals surface area contributed by atoms with Crippen molar-refractivity contribution >= 4 is 30.8 Å². The molecule has 1 rings (SSSR count). The number of rotatable bonds is 6. The van der Waals surface area contributed by atoms with Crippen molar-refractivity contribution in [1.82, 2.24) is 4.72 Å². The average molecular weight is 340 g/mol. The molecule has 0 amide bonds. The summed E-state index contributed by atoms with van der Waals surface area (Å²) in [4.78, 5) is -0.894. The van der Waals surface area contributed by atoms with Gasteiger partial charge >= 0.3 is 0 Å². The molecule has 20 heavy (non-hydrogen) atoms. The van der Waals surface area contributed by atoms with E-state index in [1.165, 1.54) is 18.4 Å². The second kappa shape index (κ2) is 6.31. The standard InChI is InChI=1S/C10H16N2O5S3/c1-8(18(2)13)7-12-20(16,17)10-6-4-3-5-9(10)19(11,14)15/h3-6,8,12H,7H2,1-2H3,(H2,11,14,15). The van der Waals surface area contributed by atoms with E-state index in [2.05, 4.69) is 4.72 Å². The normalized spacial score (nSPS) is 15.8. The number of nitrogens with one attached hydrogen (secondary N) is 1. The highest BCUT2D eigenvalue weighted by atomic mass is 32.2. The first-order chi connectivity index (χ1) is 9.05. The molecule has 1 aromatic carbocycles. The van der Waals surface area contributed by atoms with Crippen LogP contribution in [0.5, 0.6) is 0 Å².